The summed E-state index contributed by atoms with van der Waals surface area (Å²) in [6.07, 6.45) is 4.23. The summed E-state index contributed by atoms with van der Waals surface area (Å²) in [7, 11) is 0. The van der Waals surface area contributed by atoms with Crippen LogP contribution in [0.2, 0.25) is 0 Å². The Hall–Kier alpha value is -4.00. The average Bonchev–Trinajstić information content (AvgIpc) is 3.37. The number of rotatable bonds is 10. The Morgan fingerprint density at radius 1 is 0.657 bits per heavy atom. The summed E-state index contributed by atoms with van der Waals surface area (Å²) in [6, 6.07) is 19.0. The van der Waals surface area contributed by atoms with E-state index in [1.165, 1.54) is 23.3 Å². The highest BCUT2D eigenvalue weighted by Gasteiger charge is 2.15. The van der Waals surface area contributed by atoms with Crippen molar-refractivity contribution in [2.24, 2.45) is 10.2 Å². The minimum atomic E-state index is -0.544. The SMILES string of the molecule is CCCc1ccc(C(C)=NNC(=O)c2ccc(C(=O)NN=C(C)c3ccc(CCC)cc3)o2)cc1. The fourth-order valence-electron chi connectivity index (χ4n) is 3.49. The van der Waals surface area contributed by atoms with Crippen LogP contribution >= 0.6 is 0 Å². The van der Waals surface area contributed by atoms with Crippen molar-refractivity contribution in [1.82, 2.24) is 10.9 Å². The Morgan fingerprint density at radius 2 is 1.03 bits per heavy atom. The molecule has 0 saturated heterocycles. The predicted octanol–water partition coefficient (Wildman–Crippen LogP) is 5.49. The number of carbonyl (C=O) groups is 2. The Kier molecular flexibility index (Phi) is 9.12. The number of hydrogen-bond donors (Lipinski definition) is 2. The van der Waals surface area contributed by atoms with Crippen molar-refractivity contribution < 1.29 is 14.0 Å². The van der Waals surface area contributed by atoms with Gasteiger partial charge in [0.1, 0.15) is 0 Å². The fraction of sp³-hybridized carbons (Fsp3) is 0.286. The summed E-state index contributed by atoms with van der Waals surface area (Å²) in [5, 5.41) is 8.29. The first-order valence-electron chi connectivity index (χ1n) is 11.9. The number of benzene rings is 2. The lowest BCUT2D eigenvalue weighted by Gasteiger charge is -2.04. The molecular formula is C28H32N4O3. The van der Waals surface area contributed by atoms with Gasteiger partial charge in [0.25, 0.3) is 0 Å². The monoisotopic (exact) mass is 472 g/mol. The zero-order valence-corrected chi connectivity index (χ0v) is 20.7. The molecule has 3 rings (SSSR count). The smallest absolute Gasteiger partial charge is 0.307 e. The van der Waals surface area contributed by atoms with Crippen LogP contribution in [-0.4, -0.2) is 23.2 Å². The van der Waals surface area contributed by atoms with E-state index < -0.39 is 11.8 Å². The second-order valence-corrected chi connectivity index (χ2v) is 8.33. The van der Waals surface area contributed by atoms with Gasteiger partial charge in [0.05, 0.1) is 11.4 Å². The van der Waals surface area contributed by atoms with Gasteiger partial charge in [-0.2, -0.15) is 10.2 Å². The van der Waals surface area contributed by atoms with Crippen LogP contribution in [0.4, 0.5) is 0 Å². The second kappa shape index (κ2) is 12.5. The van der Waals surface area contributed by atoms with Gasteiger partial charge in [-0.15, -0.1) is 0 Å². The molecule has 0 bridgehead atoms. The molecule has 0 aliphatic heterocycles. The second-order valence-electron chi connectivity index (χ2n) is 8.33. The van der Waals surface area contributed by atoms with E-state index in [9.17, 15) is 9.59 Å². The Morgan fingerprint density at radius 3 is 1.37 bits per heavy atom. The molecule has 0 unspecified atom stereocenters. The molecule has 35 heavy (non-hydrogen) atoms. The first-order chi connectivity index (χ1) is 16.9. The molecule has 2 amide bonds. The van der Waals surface area contributed by atoms with E-state index in [1.54, 1.807) is 0 Å². The minimum Gasteiger partial charge on any atom is -0.446 e. The maximum Gasteiger partial charge on any atom is 0.307 e. The molecule has 1 heterocycles. The average molecular weight is 473 g/mol. The predicted molar refractivity (Wildman–Crippen MR) is 139 cm³/mol. The Bertz CT molecular complexity index is 1110. The first kappa shape index (κ1) is 25.6. The number of furan rings is 1. The topological polar surface area (TPSA) is 96.1 Å². The van der Waals surface area contributed by atoms with Gasteiger partial charge in [-0.25, -0.2) is 10.9 Å². The molecule has 0 fully saturated rings. The number of hydrogen-bond acceptors (Lipinski definition) is 5. The van der Waals surface area contributed by atoms with Crippen molar-refractivity contribution >= 4 is 23.2 Å². The van der Waals surface area contributed by atoms with Crippen LogP contribution in [0.25, 0.3) is 0 Å². The lowest BCUT2D eigenvalue weighted by molar-refractivity contribution is 0.0902. The lowest BCUT2D eigenvalue weighted by atomic mass is 10.1. The molecule has 7 nitrogen and oxygen atoms in total. The van der Waals surface area contributed by atoms with Crippen molar-refractivity contribution in [3.63, 3.8) is 0 Å². The molecule has 2 N–H and O–H groups in total. The minimum absolute atomic E-state index is 0.0165. The number of carbonyl (C=O) groups excluding carboxylic acids is 2. The van der Waals surface area contributed by atoms with E-state index in [0.717, 1.165) is 36.8 Å². The highest BCUT2D eigenvalue weighted by atomic mass is 16.4. The summed E-state index contributed by atoms with van der Waals surface area (Å²) in [5.41, 5.74) is 10.6. The molecular weight excluding hydrogens is 440 g/mol. The van der Waals surface area contributed by atoms with E-state index in [4.69, 9.17) is 4.42 Å². The molecule has 0 spiro atoms. The van der Waals surface area contributed by atoms with Crippen LogP contribution in [0, 0.1) is 0 Å². The quantitative estimate of drug-likeness (QED) is 0.301. The van der Waals surface area contributed by atoms with Crippen molar-refractivity contribution in [3.8, 4) is 0 Å². The van der Waals surface area contributed by atoms with E-state index in [2.05, 4.69) is 59.2 Å². The van der Waals surface area contributed by atoms with E-state index >= 15 is 0 Å². The molecule has 3 aromatic rings. The third-order valence-corrected chi connectivity index (χ3v) is 5.52. The maximum absolute atomic E-state index is 12.4. The van der Waals surface area contributed by atoms with Gasteiger partial charge in [-0.1, -0.05) is 75.2 Å². The number of nitrogens with one attached hydrogen (secondary N) is 2. The molecule has 1 aromatic heterocycles. The van der Waals surface area contributed by atoms with Gasteiger partial charge in [-0.3, -0.25) is 9.59 Å². The van der Waals surface area contributed by atoms with Crippen molar-refractivity contribution in [2.75, 3.05) is 0 Å². The van der Waals surface area contributed by atoms with E-state index in [0.29, 0.717) is 11.4 Å². The molecule has 7 heteroatoms. The van der Waals surface area contributed by atoms with Crippen molar-refractivity contribution in [3.05, 3.63) is 94.4 Å². The van der Waals surface area contributed by atoms with Crippen LogP contribution in [0.5, 0.6) is 0 Å². The van der Waals surface area contributed by atoms with Gasteiger partial charge in [0.15, 0.2) is 11.5 Å². The zero-order valence-electron chi connectivity index (χ0n) is 20.7. The van der Waals surface area contributed by atoms with E-state index in [1.807, 2.05) is 38.1 Å². The van der Waals surface area contributed by atoms with Crippen molar-refractivity contribution in [2.45, 2.75) is 53.4 Å². The van der Waals surface area contributed by atoms with Crippen molar-refractivity contribution in [1.29, 1.82) is 0 Å². The van der Waals surface area contributed by atoms with Gasteiger partial charge < -0.3 is 4.42 Å². The van der Waals surface area contributed by atoms with Crippen LogP contribution in [-0.2, 0) is 12.8 Å². The van der Waals surface area contributed by atoms with E-state index in [-0.39, 0.29) is 11.5 Å². The third kappa shape index (κ3) is 7.24. The third-order valence-electron chi connectivity index (χ3n) is 5.52. The largest absolute Gasteiger partial charge is 0.446 e. The van der Waals surface area contributed by atoms with Gasteiger partial charge in [0.2, 0.25) is 0 Å². The number of hydrazone groups is 2. The molecule has 0 aliphatic rings. The highest BCUT2D eigenvalue weighted by molar-refractivity contribution is 6.01. The normalized spacial score (nSPS) is 11.9. The molecule has 0 atom stereocenters. The molecule has 2 aromatic carbocycles. The van der Waals surface area contributed by atoms with Crippen LogP contribution in [0.15, 0.2) is 75.3 Å². The first-order valence-corrected chi connectivity index (χ1v) is 11.9. The maximum atomic E-state index is 12.4. The summed E-state index contributed by atoms with van der Waals surface area (Å²) in [6.45, 7) is 7.91. The van der Waals surface area contributed by atoms with Gasteiger partial charge >= 0.3 is 11.8 Å². The summed E-state index contributed by atoms with van der Waals surface area (Å²) in [5.74, 6) is -1.12. The lowest BCUT2D eigenvalue weighted by Crippen LogP contribution is -2.20. The standard InChI is InChI=1S/C28H32N4O3/c1-5-7-21-9-13-23(14-10-21)19(3)29-31-27(33)25-17-18-26(35-25)28(34)32-30-20(4)24-15-11-22(8-6-2)12-16-24/h9-18H,5-8H2,1-4H3,(H,31,33)(H,32,34). The summed E-state index contributed by atoms with van der Waals surface area (Å²) >= 11 is 0. The van der Waals surface area contributed by atoms with Crippen LogP contribution in [0.1, 0.15) is 83.9 Å². The number of nitrogens with zero attached hydrogens (tertiary/aromatic N) is 2. The molecule has 0 saturated carbocycles. The Balaban J connectivity index is 1.57. The Labute approximate surface area is 206 Å². The van der Waals surface area contributed by atoms with Gasteiger partial charge in [0, 0.05) is 0 Å². The number of aryl methyl sites for hydroxylation is 2. The van der Waals surface area contributed by atoms with Gasteiger partial charge in [-0.05, 0) is 61.1 Å². The molecule has 182 valence electrons. The highest BCUT2D eigenvalue weighted by Crippen LogP contribution is 2.11. The number of amides is 2. The molecule has 0 aliphatic carbocycles. The fourth-order valence-corrected chi connectivity index (χ4v) is 3.49. The summed E-state index contributed by atoms with van der Waals surface area (Å²) in [4.78, 5) is 24.8. The van der Waals surface area contributed by atoms with Crippen LogP contribution in [0.3, 0.4) is 0 Å². The molecule has 0 radical (unpaired) electrons. The zero-order chi connectivity index (χ0) is 25.2. The van der Waals surface area contributed by atoms with Crippen LogP contribution < -0.4 is 10.9 Å². The summed E-state index contributed by atoms with van der Waals surface area (Å²) < 4.78 is 5.41.